The van der Waals surface area contributed by atoms with Gasteiger partial charge in [0, 0.05) is 29.4 Å². The van der Waals surface area contributed by atoms with Crippen molar-refractivity contribution in [1.29, 1.82) is 0 Å². The van der Waals surface area contributed by atoms with Crippen molar-refractivity contribution < 1.29 is 9.18 Å². The van der Waals surface area contributed by atoms with Gasteiger partial charge in [-0.1, -0.05) is 36.4 Å². The van der Waals surface area contributed by atoms with E-state index in [4.69, 9.17) is 0 Å². The molecule has 1 aromatic heterocycles. The minimum atomic E-state index is -0.354. The van der Waals surface area contributed by atoms with Gasteiger partial charge in [0.05, 0.1) is 11.4 Å². The molecule has 3 rings (SSSR count). The van der Waals surface area contributed by atoms with Crippen molar-refractivity contribution in [3.63, 3.8) is 0 Å². The smallest absolute Gasteiger partial charge is 0.244 e. The average Bonchev–Trinajstić information content (AvgIpc) is 2.94. The number of para-hydroxylation sites is 1. The molecule has 4 nitrogen and oxygen atoms in total. The summed E-state index contributed by atoms with van der Waals surface area (Å²) in [5, 5.41) is 7.39. The summed E-state index contributed by atoms with van der Waals surface area (Å²) in [6.45, 7) is 4.26. The molecule has 0 atom stereocenters. The number of aromatic nitrogens is 2. The molecule has 5 heteroatoms. The Morgan fingerprint density at radius 1 is 1.12 bits per heavy atom. The van der Waals surface area contributed by atoms with E-state index in [0.29, 0.717) is 12.1 Å². The molecule has 2 aromatic carbocycles. The number of hydrogen-bond donors (Lipinski definition) is 1. The number of halogens is 1. The van der Waals surface area contributed by atoms with Gasteiger partial charge < -0.3 is 5.32 Å². The fourth-order valence-electron chi connectivity index (χ4n) is 2.76. The lowest BCUT2D eigenvalue weighted by molar-refractivity contribution is -0.116. The zero-order valence-corrected chi connectivity index (χ0v) is 14.7. The van der Waals surface area contributed by atoms with Gasteiger partial charge in [-0.05, 0) is 38.1 Å². The maximum atomic E-state index is 13.6. The molecule has 0 saturated carbocycles. The van der Waals surface area contributed by atoms with Gasteiger partial charge in [-0.2, -0.15) is 5.10 Å². The van der Waals surface area contributed by atoms with E-state index >= 15 is 0 Å². The van der Waals surface area contributed by atoms with Gasteiger partial charge in [-0.3, -0.25) is 4.79 Å². The summed E-state index contributed by atoms with van der Waals surface area (Å²) >= 11 is 0. The molecule has 0 radical (unpaired) electrons. The van der Waals surface area contributed by atoms with Crippen molar-refractivity contribution in [3.05, 3.63) is 89.0 Å². The van der Waals surface area contributed by atoms with Gasteiger partial charge in [0.2, 0.25) is 5.91 Å². The molecule has 0 aliphatic carbocycles. The maximum Gasteiger partial charge on any atom is 0.244 e. The molecule has 0 unspecified atom stereocenters. The van der Waals surface area contributed by atoms with Crippen molar-refractivity contribution in [1.82, 2.24) is 15.1 Å². The first-order chi connectivity index (χ1) is 12.6. The van der Waals surface area contributed by atoms with Crippen LogP contribution in [0.4, 0.5) is 4.39 Å². The van der Waals surface area contributed by atoms with Gasteiger partial charge in [-0.25, -0.2) is 9.07 Å². The number of carbonyl (C=O) groups is 1. The molecule has 0 fully saturated rings. The summed E-state index contributed by atoms with van der Waals surface area (Å²) in [7, 11) is 0. The van der Waals surface area contributed by atoms with Crippen LogP contribution in [-0.4, -0.2) is 15.7 Å². The van der Waals surface area contributed by atoms with E-state index < -0.39 is 0 Å². The highest BCUT2D eigenvalue weighted by molar-refractivity contribution is 5.91. The lowest BCUT2D eigenvalue weighted by Gasteiger charge is -2.06. The highest BCUT2D eigenvalue weighted by atomic mass is 19.1. The number of rotatable bonds is 5. The number of carbonyl (C=O) groups excluding carboxylic acids is 1. The van der Waals surface area contributed by atoms with Crippen LogP contribution >= 0.6 is 0 Å². The number of aryl methyl sites for hydroxylation is 1. The highest BCUT2D eigenvalue weighted by Crippen LogP contribution is 2.17. The van der Waals surface area contributed by atoms with Gasteiger partial charge in [-0.15, -0.1) is 0 Å². The molecule has 0 aliphatic rings. The fraction of sp³-hybridized carbons (Fsp3) is 0.143. The molecule has 1 amide bonds. The predicted molar refractivity (Wildman–Crippen MR) is 100 cm³/mol. The number of nitrogens with zero attached hydrogens (tertiary/aromatic N) is 2. The number of hydrogen-bond acceptors (Lipinski definition) is 2. The molecule has 0 spiro atoms. The minimum absolute atomic E-state index is 0.278. The molecule has 0 bridgehead atoms. The van der Waals surface area contributed by atoms with E-state index in [1.165, 1.54) is 18.2 Å². The third-order valence-electron chi connectivity index (χ3n) is 4.20. The van der Waals surface area contributed by atoms with Crippen molar-refractivity contribution in [2.24, 2.45) is 0 Å². The second-order valence-corrected chi connectivity index (χ2v) is 5.97. The van der Waals surface area contributed by atoms with Gasteiger partial charge >= 0.3 is 0 Å². The summed E-state index contributed by atoms with van der Waals surface area (Å²) in [5.74, 6) is -0.633. The lowest BCUT2D eigenvalue weighted by atomic mass is 10.2. The van der Waals surface area contributed by atoms with Crippen LogP contribution in [0.15, 0.2) is 60.7 Å². The molecule has 26 heavy (non-hydrogen) atoms. The quantitative estimate of drug-likeness (QED) is 0.709. The Morgan fingerprint density at radius 3 is 2.54 bits per heavy atom. The van der Waals surface area contributed by atoms with E-state index in [1.54, 1.807) is 18.2 Å². The summed E-state index contributed by atoms with van der Waals surface area (Å²) in [6, 6.07) is 16.2. The normalized spacial score (nSPS) is 11.0. The van der Waals surface area contributed by atoms with Crippen LogP contribution < -0.4 is 5.32 Å². The molecule has 132 valence electrons. The second kappa shape index (κ2) is 7.78. The van der Waals surface area contributed by atoms with Gasteiger partial charge in [0.25, 0.3) is 0 Å². The Kier molecular flexibility index (Phi) is 5.27. The van der Waals surface area contributed by atoms with E-state index in [2.05, 4.69) is 10.4 Å². The lowest BCUT2D eigenvalue weighted by Crippen LogP contribution is -2.21. The summed E-state index contributed by atoms with van der Waals surface area (Å²) in [4.78, 5) is 12.1. The number of nitrogens with one attached hydrogen (secondary N) is 1. The zero-order valence-electron chi connectivity index (χ0n) is 14.7. The van der Waals surface area contributed by atoms with Gasteiger partial charge in [0.15, 0.2) is 0 Å². The molecule has 1 N–H and O–H groups in total. The first-order valence-electron chi connectivity index (χ1n) is 8.37. The number of benzene rings is 2. The molecular weight excluding hydrogens is 329 g/mol. The summed E-state index contributed by atoms with van der Waals surface area (Å²) < 4.78 is 15.4. The van der Waals surface area contributed by atoms with Crippen molar-refractivity contribution in [2.45, 2.75) is 20.4 Å². The van der Waals surface area contributed by atoms with E-state index in [9.17, 15) is 9.18 Å². The van der Waals surface area contributed by atoms with Crippen molar-refractivity contribution in [3.8, 4) is 5.69 Å². The molecule has 0 aliphatic heterocycles. The maximum absolute atomic E-state index is 13.6. The third-order valence-corrected chi connectivity index (χ3v) is 4.20. The number of amides is 1. The monoisotopic (exact) mass is 349 g/mol. The van der Waals surface area contributed by atoms with Crippen molar-refractivity contribution in [2.75, 3.05) is 0 Å². The molecule has 1 heterocycles. The third kappa shape index (κ3) is 3.88. The minimum Gasteiger partial charge on any atom is -0.348 e. The van der Waals surface area contributed by atoms with E-state index in [0.717, 1.165) is 22.6 Å². The van der Waals surface area contributed by atoms with E-state index in [1.807, 2.05) is 48.9 Å². The van der Waals surface area contributed by atoms with E-state index in [-0.39, 0.29) is 11.7 Å². The zero-order chi connectivity index (χ0) is 18.5. The van der Waals surface area contributed by atoms with Gasteiger partial charge in [0.1, 0.15) is 5.82 Å². The van der Waals surface area contributed by atoms with Crippen LogP contribution in [0, 0.1) is 19.7 Å². The van der Waals surface area contributed by atoms with Crippen LogP contribution in [0.5, 0.6) is 0 Å². The van der Waals surface area contributed by atoms with Crippen LogP contribution in [0.2, 0.25) is 0 Å². The Labute approximate surface area is 152 Å². The molecule has 0 saturated heterocycles. The molecule has 3 aromatic rings. The van der Waals surface area contributed by atoms with Crippen molar-refractivity contribution >= 4 is 12.0 Å². The van der Waals surface area contributed by atoms with Crippen LogP contribution in [0.3, 0.4) is 0 Å². The predicted octanol–water partition coefficient (Wildman–Crippen LogP) is 3.96. The Morgan fingerprint density at radius 2 is 1.81 bits per heavy atom. The topological polar surface area (TPSA) is 46.9 Å². The second-order valence-electron chi connectivity index (χ2n) is 5.97. The Bertz CT molecular complexity index is 945. The fourth-order valence-corrected chi connectivity index (χ4v) is 2.76. The first-order valence-corrected chi connectivity index (χ1v) is 8.37. The largest absolute Gasteiger partial charge is 0.348 e. The average molecular weight is 349 g/mol. The highest BCUT2D eigenvalue weighted by Gasteiger charge is 2.13. The van der Waals surface area contributed by atoms with Crippen LogP contribution in [0.25, 0.3) is 11.8 Å². The summed E-state index contributed by atoms with van der Waals surface area (Å²) in [6.07, 6.45) is 2.81. The van der Waals surface area contributed by atoms with Crippen LogP contribution in [-0.2, 0) is 11.3 Å². The van der Waals surface area contributed by atoms with Crippen LogP contribution in [0.1, 0.15) is 22.5 Å². The Balaban J connectivity index is 1.69. The SMILES string of the molecule is Cc1nn(-c2ccccc2)c(C)c1CNC(=O)/C=C/c1ccccc1F. The molecular formula is C21H20FN3O. The first kappa shape index (κ1) is 17.6. The standard InChI is InChI=1S/C21H20FN3O/c1-15-19(16(2)25(24-15)18-9-4-3-5-10-18)14-23-21(26)13-12-17-8-6-7-11-20(17)22/h3-13H,14H2,1-2H3,(H,23,26)/b13-12+. The summed E-state index contributed by atoms with van der Waals surface area (Å²) in [5.41, 5.74) is 4.18. The Hall–Kier alpha value is -3.21.